The standard InChI is InChI=1S/C26H23F6N5/c1-15(2)37(3)14-22-35-21-13-16(23-20(26(30,31)32)5-4-12-33-23)6-11-19(21)24(36-22)34-18-9-7-17(8-10-18)25(27,28)29/h4-13,15H,14H2,1-3H3,(H,34,35,36). The quantitative estimate of drug-likeness (QED) is 0.271. The van der Waals surface area contributed by atoms with Gasteiger partial charge in [0.15, 0.2) is 0 Å². The number of aromatic nitrogens is 3. The molecule has 2 heterocycles. The van der Waals surface area contributed by atoms with Gasteiger partial charge in [0.2, 0.25) is 0 Å². The molecule has 0 atom stereocenters. The van der Waals surface area contributed by atoms with Crippen molar-refractivity contribution in [1.29, 1.82) is 0 Å². The molecule has 4 rings (SSSR count). The van der Waals surface area contributed by atoms with Crippen LogP contribution in [-0.2, 0) is 18.9 Å². The topological polar surface area (TPSA) is 53.9 Å². The molecule has 194 valence electrons. The van der Waals surface area contributed by atoms with Crippen LogP contribution in [0.3, 0.4) is 0 Å². The molecule has 0 saturated carbocycles. The molecule has 0 radical (unpaired) electrons. The highest BCUT2D eigenvalue weighted by Crippen LogP contribution is 2.37. The first-order valence-electron chi connectivity index (χ1n) is 11.3. The third kappa shape index (κ3) is 5.99. The highest BCUT2D eigenvalue weighted by molar-refractivity contribution is 5.93. The van der Waals surface area contributed by atoms with Crippen LogP contribution < -0.4 is 5.32 Å². The number of benzene rings is 2. The van der Waals surface area contributed by atoms with Gasteiger partial charge in [0.1, 0.15) is 11.6 Å². The monoisotopic (exact) mass is 519 g/mol. The molecule has 1 N–H and O–H groups in total. The van der Waals surface area contributed by atoms with Crippen molar-refractivity contribution in [2.45, 2.75) is 38.8 Å². The molecule has 0 fully saturated rings. The summed E-state index contributed by atoms with van der Waals surface area (Å²) in [5.41, 5.74) is -0.926. The summed E-state index contributed by atoms with van der Waals surface area (Å²) in [6.07, 6.45) is -7.77. The first-order chi connectivity index (χ1) is 17.3. The van der Waals surface area contributed by atoms with Crippen LogP contribution in [-0.4, -0.2) is 32.9 Å². The lowest BCUT2D eigenvalue weighted by Crippen LogP contribution is -2.26. The van der Waals surface area contributed by atoms with Gasteiger partial charge in [-0.05, 0) is 69.4 Å². The summed E-state index contributed by atoms with van der Waals surface area (Å²) in [7, 11) is 1.88. The number of fused-ring (bicyclic) bond motifs is 1. The average Bonchev–Trinajstić information content (AvgIpc) is 2.83. The molecule has 0 saturated heterocycles. The Morgan fingerprint density at radius 3 is 2.22 bits per heavy atom. The molecule has 37 heavy (non-hydrogen) atoms. The summed E-state index contributed by atoms with van der Waals surface area (Å²) >= 11 is 0. The Labute approximate surface area is 209 Å². The van der Waals surface area contributed by atoms with E-state index in [2.05, 4.69) is 20.3 Å². The molecular formula is C26H23F6N5. The van der Waals surface area contributed by atoms with Gasteiger partial charge in [-0.3, -0.25) is 9.88 Å². The second-order valence-corrected chi connectivity index (χ2v) is 8.83. The molecule has 0 bridgehead atoms. The molecular weight excluding hydrogens is 496 g/mol. The molecule has 2 aromatic heterocycles. The van der Waals surface area contributed by atoms with Gasteiger partial charge in [0, 0.05) is 28.9 Å². The molecule has 0 aliphatic heterocycles. The van der Waals surface area contributed by atoms with E-state index in [-0.39, 0.29) is 17.3 Å². The number of anilines is 2. The van der Waals surface area contributed by atoms with Crippen LogP contribution in [0.25, 0.3) is 22.2 Å². The zero-order valence-electron chi connectivity index (χ0n) is 20.1. The van der Waals surface area contributed by atoms with E-state index in [1.165, 1.54) is 36.5 Å². The minimum Gasteiger partial charge on any atom is -0.340 e. The maximum Gasteiger partial charge on any atom is 0.418 e. The molecule has 11 heteroatoms. The predicted molar refractivity (Wildman–Crippen MR) is 129 cm³/mol. The third-order valence-corrected chi connectivity index (χ3v) is 5.88. The van der Waals surface area contributed by atoms with E-state index >= 15 is 0 Å². The van der Waals surface area contributed by atoms with Gasteiger partial charge in [-0.2, -0.15) is 26.3 Å². The molecule has 0 amide bonds. The van der Waals surface area contributed by atoms with Crippen molar-refractivity contribution in [3.8, 4) is 11.3 Å². The normalized spacial score (nSPS) is 12.5. The van der Waals surface area contributed by atoms with Crippen LogP contribution in [0.1, 0.15) is 30.8 Å². The summed E-state index contributed by atoms with van der Waals surface area (Å²) in [4.78, 5) is 15.1. The first kappa shape index (κ1) is 26.3. The van der Waals surface area contributed by atoms with E-state index < -0.39 is 23.5 Å². The number of pyridine rings is 1. The van der Waals surface area contributed by atoms with Crippen molar-refractivity contribution < 1.29 is 26.3 Å². The molecule has 2 aromatic carbocycles. The SMILES string of the molecule is CC(C)N(C)Cc1nc(Nc2ccc(C(F)(F)F)cc2)c2ccc(-c3ncccc3C(F)(F)F)cc2n1. The highest BCUT2D eigenvalue weighted by Gasteiger charge is 2.34. The van der Waals surface area contributed by atoms with E-state index in [0.29, 0.717) is 34.8 Å². The smallest absolute Gasteiger partial charge is 0.340 e. The lowest BCUT2D eigenvalue weighted by molar-refractivity contribution is -0.138. The first-order valence-corrected chi connectivity index (χ1v) is 11.3. The van der Waals surface area contributed by atoms with Crippen molar-refractivity contribution in [3.05, 3.63) is 77.7 Å². The average molecular weight is 519 g/mol. The van der Waals surface area contributed by atoms with Crippen LogP contribution in [0.5, 0.6) is 0 Å². The van der Waals surface area contributed by atoms with Crippen molar-refractivity contribution in [3.63, 3.8) is 0 Å². The Kier molecular flexibility index (Phi) is 7.09. The second kappa shape index (κ2) is 9.97. The van der Waals surface area contributed by atoms with Gasteiger partial charge in [-0.15, -0.1) is 0 Å². The van der Waals surface area contributed by atoms with Crippen molar-refractivity contribution in [2.75, 3.05) is 12.4 Å². The summed E-state index contributed by atoms with van der Waals surface area (Å²) in [5, 5.41) is 3.52. The fourth-order valence-electron chi connectivity index (χ4n) is 3.64. The summed E-state index contributed by atoms with van der Waals surface area (Å²) in [6, 6.07) is 11.4. The number of halogens is 6. The number of nitrogens with zero attached hydrogens (tertiary/aromatic N) is 4. The van der Waals surface area contributed by atoms with Gasteiger partial charge in [-0.25, -0.2) is 9.97 Å². The largest absolute Gasteiger partial charge is 0.418 e. The fraction of sp³-hybridized carbons (Fsp3) is 0.269. The minimum absolute atomic E-state index is 0.166. The van der Waals surface area contributed by atoms with Gasteiger partial charge < -0.3 is 5.32 Å². The molecule has 0 spiro atoms. The zero-order valence-corrected chi connectivity index (χ0v) is 20.1. The summed E-state index contributed by atoms with van der Waals surface area (Å²) < 4.78 is 79.6. The van der Waals surface area contributed by atoms with E-state index in [1.54, 1.807) is 6.07 Å². The Morgan fingerprint density at radius 1 is 0.892 bits per heavy atom. The number of hydrogen-bond donors (Lipinski definition) is 1. The Morgan fingerprint density at radius 2 is 1.59 bits per heavy atom. The lowest BCUT2D eigenvalue weighted by Gasteiger charge is -2.21. The maximum atomic E-state index is 13.6. The summed E-state index contributed by atoms with van der Waals surface area (Å²) in [6.45, 7) is 4.32. The van der Waals surface area contributed by atoms with Crippen LogP contribution in [0.15, 0.2) is 60.8 Å². The zero-order chi connectivity index (χ0) is 27.0. The van der Waals surface area contributed by atoms with Gasteiger partial charge in [0.05, 0.1) is 28.9 Å². The number of rotatable bonds is 6. The number of hydrogen-bond acceptors (Lipinski definition) is 5. The van der Waals surface area contributed by atoms with E-state index in [9.17, 15) is 26.3 Å². The van der Waals surface area contributed by atoms with E-state index in [1.807, 2.05) is 25.8 Å². The van der Waals surface area contributed by atoms with Crippen molar-refractivity contribution >= 4 is 22.4 Å². The molecule has 0 aliphatic rings. The lowest BCUT2D eigenvalue weighted by atomic mass is 10.0. The minimum atomic E-state index is -4.59. The predicted octanol–water partition coefficient (Wildman–Crippen LogP) is 7.31. The number of alkyl halides is 6. The maximum absolute atomic E-state index is 13.6. The summed E-state index contributed by atoms with van der Waals surface area (Å²) in [5.74, 6) is 0.716. The molecule has 0 aliphatic carbocycles. The Hall–Kier alpha value is -3.73. The Bertz CT molecular complexity index is 1400. The van der Waals surface area contributed by atoms with Crippen molar-refractivity contribution in [1.82, 2.24) is 19.9 Å². The molecule has 0 unspecified atom stereocenters. The van der Waals surface area contributed by atoms with Crippen LogP contribution >= 0.6 is 0 Å². The van der Waals surface area contributed by atoms with Gasteiger partial charge in [-0.1, -0.05) is 6.07 Å². The van der Waals surface area contributed by atoms with E-state index in [4.69, 9.17) is 0 Å². The molecule has 5 nitrogen and oxygen atoms in total. The van der Waals surface area contributed by atoms with Crippen LogP contribution in [0.2, 0.25) is 0 Å². The second-order valence-electron chi connectivity index (χ2n) is 8.83. The van der Waals surface area contributed by atoms with Gasteiger partial charge in [0.25, 0.3) is 0 Å². The fourth-order valence-corrected chi connectivity index (χ4v) is 3.64. The number of nitrogens with one attached hydrogen (secondary N) is 1. The third-order valence-electron chi connectivity index (χ3n) is 5.88. The van der Waals surface area contributed by atoms with E-state index in [0.717, 1.165) is 18.2 Å². The van der Waals surface area contributed by atoms with Crippen molar-refractivity contribution in [2.24, 2.45) is 0 Å². The Balaban J connectivity index is 1.81. The highest BCUT2D eigenvalue weighted by atomic mass is 19.4. The van der Waals surface area contributed by atoms with Gasteiger partial charge >= 0.3 is 12.4 Å². The molecule has 4 aromatic rings. The van der Waals surface area contributed by atoms with Crippen LogP contribution in [0.4, 0.5) is 37.8 Å². The van der Waals surface area contributed by atoms with Crippen LogP contribution in [0, 0.1) is 0 Å².